The predicted molar refractivity (Wildman–Crippen MR) is 83.3 cm³/mol. The second kappa shape index (κ2) is 8.23. The molecule has 0 spiro atoms. The van der Waals surface area contributed by atoms with E-state index in [-0.39, 0.29) is 17.9 Å². The Morgan fingerprint density at radius 2 is 2.04 bits per heavy atom. The minimum Gasteiger partial charge on any atom is -0.434 e. The number of aromatic nitrogens is 2. The summed E-state index contributed by atoms with van der Waals surface area (Å²) in [5.41, 5.74) is 0.923. The van der Waals surface area contributed by atoms with Gasteiger partial charge < -0.3 is 15.4 Å². The minimum atomic E-state index is -3.02. The van der Waals surface area contributed by atoms with Gasteiger partial charge in [-0.1, -0.05) is 6.07 Å². The molecule has 1 aromatic carbocycles. The van der Waals surface area contributed by atoms with Crippen molar-refractivity contribution in [2.75, 3.05) is 7.05 Å². The van der Waals surface area contributed by atoms with Crippen molar-refractivity contribution in [1.82, 2.24) is 20.4 Å². The van der Waals surface area contributed by atoms with Crippen LogP contribution in [0, 0.1) is 5.82 Å². The maximum absolute atomic E-state index is 13.9. The number of hydrogen-bond acceptors (Lipinski definition) is 3. The van der Waals surface area contributed by atoms with E-state index in [1.54, 1.807) is 25.0 Å². The molecule has 130 valence electrons. The van der Waals surface area contributed by atoms with Crippen molar-refractivity contribution in [2.24, 2.45) is 12.0 Å². The first-order valence-electron chi connectivity index (χ1n) is 7.15. The summed E-state index contributed by atoms with van der Waals surface area (Å²) in [7, 11) is 3.36. The Hall–Kier alpha value is -2.71. The van der Waals surface area contributed by atoms with Crippen LogP contribution in [0.3, 0.4) is 0 Å². The number of ether oxygens (including phenoxy) is 1. The lowest BCUT2D eigenvalue weighted by molar-refractivity contribution is -0.0506. The monoisotopic (exact) mass is 341 g/mol. The molecule has 1 heterocycles. The zero-order chi connectivity index (χ0) is 17.5. The Morgan fingerprint density at radius 3 is 2.67 bits per heavy atom. The van der Waals surface area contributed by atoms with Gasteiger partial charge in [0, 0.05) is 32.4 Å². The molecule has 0 radical (unpaired) electrons. The second-order valence-corrected chi connectivity index (χ2v) is 4.82. The first-order chi connectivity index (χ1) is 11.5. The van der Waals surface area contributed by atoms with Crippen molar-refractivity contribution in [3.05, 3.63) is 47.5 Å². The average Bonchev–Trinajstić information content (AvgIpc) is 2.94. The predicted octanol–water partition coefficient (Wildman–Crippen LogP) is 2.03. The SMILES string of the molecule is CN=C(NCc1c(F)cccc1OC(F)F)NCc1ccnn1C. The highest BCUT2D eigenvalue weighted by Gasteiger charge is 2.14. The van der Waals surface area contributed by atoms with Crippen molar-refractivity contribution in [3.8, 4) is 5.75 Å². The van der Waals surface area contributed by atoms with Gasteiger partial charge in [0.15, 0.2) is 5.96 Å². The van der Waals surface area contributed by atoms with Crippen LogP contribution in [0.5, 0.6) is 5.75 Å². The van der Waals surface area contributed by atoms with Gasteiger partial charge in [-0.25, -0.2) is 4.39 Å². The molecule has 0 bridgehead atoms. The lowest BCUT2D eigenvalue weighted by Gasteiger charge is -2.15. The molecule has 1 aromatic heterocycles. The van der Waals surface area contributed by atoms with Crippen LogP contribution in [0.2, 0.25) is 0 Å². The van der Waals surface area contributed by atoms with Crippen LogP contribution in [0.15, 0.2) is 35.5 Å². The zero-order valence-corrected chi connectivity index (χ0v) is 13.3. The molecule has 2 aromatic rings. The van der Waals surface area contributed by atoms with Crippen LogP contribution in [0.1, 0.15) is 11.3 Å². The van der Waals surface area contributed by atoms with Crippen molar-refractivity contribution < 1.29 is 17.9 Å². The highest BCUT2D eigenvalue weighted by Crippen LogP contribution is 2.23. The number of nitrogens with zero attached hydrogens (tertiary/aromatic N) is 3. The van der Waals surface area contributed by atoms with Gasteiger partial charge in [-0.05, 0) is 18.2 Å². The van der Waals surface area contributed by atoms with E-state index in [0.717, 1.165) is 5.69 Å². The normalized spacial score (nSPS) is 11.7. The molecule has 0 fully saturated rings. The number of aryl methyl sites for hydroxylation is 1. The third kappa shape index (κ3) is 4.64. The van der Waals surface area contributed by atoms with Gasteiger partial charge in [0.25, 0.3) is 0 Å². The van der Waals surface area contributed by atoms with Gasteiger partial charge in [0.1, 0.15) is 11.6 Å². The lowest BCUT2D eigenvalue weighted by Crippen LogP contribution is -2.37. The summed E-state index contributed by atoms with van der Waals surface area (Å²) in [5, 5.41) is 9.94. The molecule has 6 nitrogen and oxygen atoms in total. The molecule has 9 heteroatoms. The van der Waals surface area contributed by atoms with Gasteiger partial charge in [-0.3, -0.25) is 9.67 Å². The first-order valence-corrected chi connectivity index (χ1v) is 7.15. The summed E-state index contributed by atoms with van der Waals surface area (Å²) in [6, 6.07) is 5.62. The summed E-state index contributed by atoms with van der Waals surface area (Å²) < 4.78 is 44.7. The standard InChI is InChI=1S/C15H18F3N5O/c1-19-15(20-8-10-6-7-22-23(10)2)21-9-11-12(16)4-3-5-13(11)24-14(17)18/h3-7,14H,8-9H2,1-2H3,(H2,19,20,21). The van der Waals surface area contributed by atoms with Crippen LogP contribution in [-0.2, 0) is 20.1 Å². The average molecular weight is 341 g/mol. The van der Waals surface area contributed by atoms with Gasteiger partial charge in [-0.2, -0.15) is 13.9 Å². The summed E-state index contributed by atoms with van der Waals surface area (Å²) in [6.07, 6.45) is 1.67. The number of nitrogens with one attached hydrogen (secondary N) is 2. The molecule has 0 unspecified atom stereocenters. The van der Waals surface area contributed by atoms with Crippen LogP contribution in [0.25, 0.3) is 0 Å². The molecule has 2 N–H and O–H groups in total. The van der Waals surface area contributed by atoms with E-state index in [2.05, 4.69) is 25.5 Å². The smallest absolute Gasteiger partial charge is 0.387 e. The van der Waals surface area contributed by atoms with E-state index < -0.39 is 12.4 Å². The fraction of sp³-hybridized carbons (Fsp3) is 0.333. The molecule has 0 amide bonds. The Labute approximate surface area is 137 Å². The number of alkyl halides is 2. The molecule has 0 saturated carbocycles. The maximum Gasteiger partial charge on any atom is 0.387 e. The Bertz CT molecular complexity index is 702. The van der Waals surface area contributed by atoms with E-state index in [4.69, 9.17) is 0 Å². The largest absolute Gasteiger partial charge is 0.434 e. The van der Waals surface area contributed by atoms with E-state index in [1.165, 1.54) is 18.2 Å². The zero-order valence-electron chi connectivity index (χ0n) is 13.3. The van der Waals surface area contributed by atoms with E-state index in [0.29, 0.717) is 12.5 Å². The highest BCUT2D eigenvalue weighted by atomic mass is 19.3. The van der Waals surface area contributed by atoms with E-state index in [1.807, 2.05) is 6.07 Å². The van der Waals surface area contributed by atoms with Crippen molar-refractivity contribution in [1.29, 1.82) is 0 Å². The number of benzene rings is 1. The number of hydrogen-bond donors (Lipinski definition) is 2. The van der Waals surface area contributed by atoms with Gasteiger partial charge >= 0.3 is 6.61 Å². The Kier molecular flexibility index (Phi) is 6.05. The first kappa shape index (κ1) is 17.6. The molecular weight excluding hydrogens is 323 g/mol. The molecular formula is C15H18F3N5O. The number of aliphatic imine (C=N–C) groups is 1. The van der Waals surface area contributed by atoms with Crippen LogP contribution in [-0.4, -0.2) is 29.4 Å². The summed E-state index contributed by atoms with van der Waals surface area (Å²) in [5.74, 6) is -0.454. The van der Waals surface area contributed by atoms with Gasteiger partial charge in [-0.15, -0.1) is 0 Å². The second-order valence-electron chi connectivity index (χ2n) is 4.82. The van der Waals surface area contributed by atoms with Crippen LogP contribution < -0.4 is 15.4 Å². The maximum atomic E-state index is 13.9. The molecule has 0 aliphatic heterocycles. The summed E-state index contributed by atoms with van der Waals surface area (Å²) in [6.45, 7) is -2.62. The topological polar surface area (TPSA) is 63.5 Å². The van der Waals surface area contributed by atoms with E-state index >= 15 is 0 Å². The van der Waals surface area contributed by atoms with Crippen molar-refractivity contribution in [2.45, 2.75) is 19.7 Å². The number of halogens is 3. The Balaban J connectivity index is 1.99. The van der Waals surface area contributed by atoms with Crippen molar-refractivity contribution in [3.63, 3.8) is 0 Å². The number of guanidine groups is 1. The summed E-state index contributed by atoms with van der Waals surface area (Å²) >= 11 is 0. The molecule has 0 saturated heterocycles. The third-order valence-electron chi connectivity index (χ3n) is 3.31. The minimum absolute atomic E-state index is 0.00119. The highest BCUT2D eigenvalue weighted by molar-refractivity contribution is 5.79. The fourth-order valence-electron chi connectivity index (χ4n) is 2.06. The molecule has 0 aliphatic rings. The number of rotatable bonds is 6. The van der Waals surface area contributed by atoms with Crippen LogP contribution >= 0.6 is 0 Å². The quantitative estimate of drug-likeness (QED) is 0.623. The third-order valence-corrected chi connectivity index (χ3v) is 3.31. The molecule has 24 heavy (non-hydrogen) atoms. The lowest BCUT2D eigenvalue weighted by atomic mass is 10.2. The van der Waals surface area contributed by atoms with E-state index in [9.17, 15) is 13.2 Å². The fourth-order valence-corrected chi connectivity index (χ4v) is 2.06. The molecule has 0 aliphatic carbocycles. The van der Waals surface area contributed by atoms with Gasteiger partial charge in [0.2, 0.25) is 0 Å². The van der Waals surface area contributed by atoms with Crippen molar-refractivity contribution >= 4 is 5.96 Å². The molecule has 2 rings (SSSR count). The van der Waals surface area contributed by atoms with Gasteiger partial charge in [0.05, 0.1) is 12.2 Å². The Morgan fingerprint density at radius 1 is 1.29 bits per heavy atom. The van der Waals surface area contributed by atoms with Crippen LogP contribution in [0.4, 0.5) is 13.2 Å². The molecule has 0 atom stereocenters. The summed E-state index contributed by atoms with van der Waals surface area (Å²) in [4.78, 5) is 4.01.